The minimum Gasteiger partial charge on any atom is -0.481 e. The van der Waals surface area contributed by atoms with Crippen LogP contribution in [0.3, 0.4) is 0 Å². The van der Waals surface area contributed by atoms with E-state index in [4.69, 9.17) is 5.11 Å². The van der Waals surface area contributed by atoms with Gasteiger partial charge in [0.05, 0.1) is 12.5 Å². The minimum absolute atomic E-state index is 0.0769. The van der Waals surface area contributed by atoms with Crippen LogP contribution in [0.2, 0.25) is 0 Å². The highest BCUT2D eigenvalue weighted by atomic mass is 16.4. The second kappa shape index (κ2) is 5.84. The molecule has 1 aromatic rings. The van der Waals surface area contributed by atoms with Gasteiger partial charge in [-0.25, -0.2) is 0 Å². The summed E-state index contributed by atoms with van der Waals surface area (Å²) in [6.07, 6.45) is 0.804. The largest absolute Gasteiger partial charge is 0.481 e. The summed E-state index contributed by atoms with van der Waals surface area (Å²) in [5, 5.41) is 21.0. The van der Waals surface area contributed by atoms with Gasteiger partial charge in [-0.1, -0.05) is 13.8 Å². The van der Waals surface area contributed by atoms with Crippen molar-refractivity contribution in [1.29, 1.82) is 0 Å². The van der Waals surface area contributed by atoms with Crippen LogP contribution in [-0.2, 0) is 10.2 Å². The van der Waals surface area contributed by atoms with Gasteiger partial charge in [0.15, 0.2) is 0 Å². The molecule has 0 radical (unpaired) electrons. The number of aliphatic hydroxyl groups is 1. The number of hydrogen-bond donors (Lipinski definition) is 4. The van der Waals surface area contributed by atoms with Gasteiger partial charge < -0.3 is 20.5 Å². The Balaban J connectivity index is 2.33. The van der Waals surface area contributed by atoms with Crippen molar-refractivity contribution in [3.8, 4) is 0 Å². The molecule has 0 saturated carbocycles. The summed E-state index contributed by atoms with van der Waals surface area (Å²) in [5.41, 5.74) is 1.03. The first-order chi connectivity index (χ1) is 7.92. The number of nitrogens with one attached hydrogen (secondary N) is 2. The second-order valence-corrected chi connectivity index (χ2v) is 4.85. The molecule has 96 valence electrons. The van der Waals surface area contributed by atoms with Crippen molar-refractivity contribution in [3.63, 3.8) is 0 Å². The highest BCUT2D eigenvalue weighted by molar-refractivity contribution is 5.67. The van der Waals surface area contributed by atoms with E-state index in [9.17, 15) is 9.90 Å². The van der Waals surface area contributed by atoms with Gasteiger partial charge in [-0.05, 0) is 12.1 Å². The van der Waals surface area contributed by atoms with Gasteiger partial charge in [0, 0.05) is 30.4 Å². The predicted molar refractivity (Wildman–Crippen MR) is 64.9 cm³/mol. The van der Waals surface area contributed by atoms with Gasteiger partial charge in [-0.2, -0.15) is 0 Å². The van der Waals surface area contributed by atoms with Crippen molar-refractivity contribution in [2.24, 2.45) is 0 Å². The number of carbonyl (C=O) groups is 1. The number of carboxylic acid groups (broad SMARTS) is 1. The summed E-state index contributed by atoms with van der Waals surface area (Å²) in [6.45, 7) is 5.12. The Morgan fingerprint density at radius 1 is 1.59 bits per heavy atom. The summed E-state index contributed by atoms with van der Waals surface area (Å²) in [4.78, 5) is 13.5. The molecule has 0 saturated heterocycles. The lowest BCUT2D eigenvalue weighted by Crippen LogP contribution is -2.37. The number of hydrogen-bond acceptors (Lipinski definition) is 3. The van der Waals surface area contributed by atoms with E-state index < -0.39 is 12.1 Å². The van der Waals surface area contributed by atoms with Crippen molar-refractivity contribution in [3.05, 3.63) is 24.0 Å². The molecule has 0 aliphatic carbocycles. The number of aromatic amines is 1. The molecule has 5 heteroatoms. The summed E-state index contributed by atoms with van der Waals surface area (Å²) in [7, 11) is 0. The molecule has 1 atom stereocenters. The number of aromatic nitrogens is 1. The molecule has 0 bridgehead atoms. The molecule has 4 N–H and O–H groups in total. The van der Waals surface area contributed by atoms with Crippen molar-refractivity contribution in [2.75, 3.05) is 13.1 Å². The van der Waals surface area contributed by atoms with Crippen molar-refractivity contribution in [1.82, 2.24) is 10.3 Å². The maximum Gasteiger partial charge on any atom is 0.306 e. The third kappa shape index (κ3) is 4.58. The summed E-state index contributed by atoms with van der Waals surface area (Å²) in [6, 6.07) is 3.95. The van der Waals surface area contributed by atoms with Gasteiger partial charge in [0.2, 0.25) is 0 Å². The summed E-state index contributed by atoms with van der Waals surface area (Å²) >= 11 is 0. The van der Waals surface area contributed by atoms with E-state index in [1.165, 1.54) is 0 Å². The molecule has 1 heterocycles. The summed E-state index contributed by atoms with van der Waals surface area (Å²) in [5.74, 6) is -0.983. The second-order valence-electron chi connectivity index (χ2n) is 4.85. The average Bonchev–Trinajstić information content (AvgIpc) is 2.68. The van der Waals surface area contributed by atoms with Gasteiger partial charge in [-0.15, -0.1) is 0 Å². The Labute approximate surface area is 101 Å². The van der Waals surface area contributed by atoms with Gasteiger partial charge in [-0.3, -0.25) is 4.79 Å². The predicted octanol–water partition coefficient (Wildman–Crippen LogP) is 0.717. The first-order valence-electron chi connectivity index (χ1n) is 5.66. The van der Waals surface area contributed by atoms with Crippen molar-refractivity contribution < 1.29 is 15.0 Å². The zero-order valence-electron chi connectivity index (χ0n) is 10.2. The number of rotatable bonds is 7. The molecular weight excluding hydrogens is 220 g/mol. The lowest BCUT2D eigenvalue weighted by molar-refractivity contribution is -0.139. The summed E-state index contributed by atoms with van der Waals surface area (Å²) < 4.78 is 0. The Morgan fingerprint density at radius 2 is 2.29 bits per heavy atom. The SMILES string of the molecule is CC(C)(CNCC(O)CC(=O)O)c1ccc[nH]1. The molecule has 0 fully saturated rings. The Kier molecular flexibility index (Phi) is 4.72. The van der Waals surface area contributed by atoms with Crippen molar-refractivity contribution in [2.45, 2.75) is 31.8 Å². The Bertz CT molecular complexity index is 347. The highest BCUT2D eigenvalue weighted by Crippen LogP contribution is 2.19. The van der Waals surface area contributed by atoms with Crippen LogP contribution in [0.25, 0.3) is 0 Å². The van der Waals surface area contributed by atoms with E-state index >= 15 is 0 Å². The van der Waals surface area contributed by atoms with E-state index in [2.05, 4.69) is 24.1 Å². The Hall–Kier alpha value is -1.33. The van der Waals surface area contributed by atoms with E-state index in [0.717, 1.165) is 5.69 Å². The zero-order valence-corrected chi connectivity index (χ0v) is 10.2. The number of carboxylic acids is 1. The maximum atomic E-state index is 10.4. The third-order valence-corrected chi connectivity index (χ3v) is 2.68. The van der Waals surface area contributed by atoms with E-state index in [1.54, 1.807) is 0 Å². The minimum atomic E-state index is -0.983. The monoisotopic (exact) mass is 240 g/mol. The van der Waals surface area contributed by atoms with Crippen LogP contribution < -0.4 is 5.32 Å². The molecule has 0 amide bonds. The molecule has 17 heavy (non-hydrogen) atoms. The van der Waals surface area contributed by atoms with Crippen LogP contribution >= 0.6 is 0 Å². The fraction of sp³-hybridized carbons (Fsp3) is 0.583. The van der Waals surface area contributed by atoms with E-state index in [1.807, 2.05) is 18.3 Å². The molecule has 0 aliphatic rings. The van der Waals surface area contributed by atoms with Crippen molar-refractivity contribution >= 4 is 5.97 Å². The number of aliphatic carboxylic acids is 1. The average molecular weight is 240 g/mol. The molecule has 0 spiro atoms. The number of H-pyrrole nitrogens is 1. The molecule has 1 aromatic heterocycles. The molecular formula is C12H20N2O3. The first-order valence-corrected chi connectivity index (χ1v) is 5.66. The van der Waals surface area contributed by atoms with Crippen LogP contribution in [0.15, 0.2) is 18.3 Å². The lowest BCUT2D eigenvalue weighted by atomic mass is 9.89. The van der Waals surface area contributed by atoms with E-state index in [0.29, 0.717) is 6.54 Å². The smallest absolute Gasteiger partial charge is 0.306 e. The third-order valence-electron chi connectivity index (χ3n) is 2.68. The Morgan fingerprint density at radius 3 is 2.82 bits per heavy atom. The van der Waals surface area contributed by atoms with Crippen LogP contribution in [0.5, 0.6) is 0 Å². The van der Waals surface area contributed by atoms with Crippen LogP contribution in [0.4, 0.5) is 0 Å². The fourth-order valence-electron chi connectivity index (χ4n) is 1.67. The molecule has 0 aromatic carbocycles. The molecule has 1 unspecified atom stereocenters. The standard InChI is InChI=1S/C12H20N2O3/c1-12(2,10-4-3-5-14-10)8-13-7-9(15)6-11(16)17/h3-5,9,13-15H,6-8H2,1-2H3,(H,16,17). The first kappa shape index (κ1) is 13.7. The van der Waals surface area contributed by atoms with Gasteiger partial charge in [0.1, 0.15) is 0 Å². The van der Waals surface area contributed by atoms with Gasteiger partial charge >= 0.3 is 5.97 Å². The molecule has 1 rings (SSSR count). The molecule has 5 nitrogen and oxygen atoms in total. The normalized spacial score (nSPS) is 13.6. The van der Waals surface area contributed by atoms with E-state index in [-0.39, 0.29) is 18.4 Å². The molecule has 0 aliphatic heterocycles. The number of aliphatic hydroxyl groups excluding tert-OH is 1. The van der Waals surface area contributed by atoms with Crippen LogP contribution in [0, 0.1) is 0 Å². The van der Waals surface area contributed by atoms with Gasteiger partial charge in [0.25, 0.3) is 0 Å². The maximum absolute atomic E-state index is 10.4. The van der Waals surface area contributed by atoms with Crippen LogP contribution in [-0.4, -0.2) is 40.4 Å². The highest BCUT2D eigenvalue weighted by Gasteiger charge is 2.21. The topological polar surface area (TPSA) is 85.3 Å². The van der Waals surface area contributed by atoms with Crippen LogP contribution in [0.1, 0.15) is 26.0 Å². The fourth-order valence-corrected chi connectivity index (χ4v) is 1.67. The lowest BCUT2D eigenvalue weighted by Gasteiger charge is -2.24. The quantitative estimate of drug-likeness (QED) is 0.565. The zero-order chi connectivity index (χ0) is 12.9.